The molecule has 3 unspecified atom stereocenters. The number of carbonyl (C=O) groups is 1. The van der Waals surface area contributed by atoms with Crippen LogP contribution in [0.3, 0.4) is 0 Å². The maximum atomic E-state index is 11.5. The Bertz CT molecular complexity index is 299. The molecule has 110 valence electrons. The number of carbonyl (C=O) groups excluding carboxylic acids is 1. The molecule has 2 aliphatic carbocycles. The maximum absolute atomic E-state index is 11.5. The summed E-state index contributed by atoms with van der Waals surface area (Å²) in [6.45, 7) is 8.73. The quantitative estimate of drug-likeness (QED) is 0.726. The molecule has 0 bridgehead atoms. The molecule has 2 saturated carbocycles. The van der Waals surface area contributed by atoms with Gasteiger partial charge in [-0.15, -0.1) is 0 Å². The van der Waals surface area contributed by atoms with Gasteiger partial charge in [0.2, 0.25) is 5.91 Å². The smallest absolute Gasteiger partial charge is 0.223 e. The first kappa shape index (κ1) is 14.8. The van der Waals surface area contributed by atoms with Crippen molar-refractivity contribution < 1.29 is 4.79 Å². The van der Waals surface area contributed by atoms with E-state index >= 15 is 0 Å². The highest BCUT2D eigenvalue weighted by Gasteiger charge is 2.31. The SMILES string of the molecule is CC1CCC(C(C)C)C(NCCNC(=O)C2CC2)C1. The Hall–Kier alpha value is -0.570. The van der Waals surface area contributed by atoms with E-state index in [9.17, 15) is 4.79 Å². The van der Waals surface area contributed by atoms with Gasteiger partial charge in [-0.25, -0.2) is 0 Å². The molecule has 0 spiro atoms. The fraction of sp³-hybridized carbons (Fsp3) is 0.938. The molecular weight excluding hydrogens is 236 g/mol. The monoisotopic (exact) mass is 266 g/mol. The van der Waals surface area contributed by atoms with Crippen LogP contribution < -0.4 is 10.6 Å². The minimum Gasteiger partial charge on any atom is -0.355 e. The van der Waals surface area contributed by atoms with Gasteiger partial charge in [-0.2, -0.15) is 0 Å². The lowest BCUT2D eigenvalue weighted by molar-refractivity contribution is -0.122. The van der Waals surface area contributed by atoms with E-state index in [0.29, 0.717) is 12.0 Å². The van der Waals surface area contributed by atoms with Crippen molar-refractivity contribution >= 4 is 5.91 Å². The second-order valence-electron chi connectivity index (χ2n) is 6.95. The van der Waals surface area contributed by atoms with Gasteiger partial charge in [0, 0.05) is 25.0 Å². The molecule has 0 saturated heterocycles. The van der Waals surface area contributed by atoms with Crippen LogP contribution in [0.1, 0.15) is 52.9 Å². The number of rotatable bonds is 6. The summed E-state index contributed by atoms with van der Waals surface area (Å²) in [6, 6.07) is 0.640. The van der Waals surface area contributed by atoms with Gasteiger partial charge in [-0.3, -0.25) is 4.79 Å². The molecule has 2 fully saturated rings. The van der Waals surface area contributed by atoms with Crippen LogP contribution in [0.2, 0.25) is 0 Å². The summed E-state index contributed by atoms with van der Waals surface area (Å²) in [5, 5.41) is 6.72. The molecule has 0 aromatic heterocycles. The molecular formula is C16H30N2O. The lowest BCUT2D eigenvalue weighted by Gasteiger charge is -2.38. The first-order chi connectivity index (χ1) is 9.08. The molecule has 2 N–H and O–H groups in total. The lowest BCUT2D eigenvalue weighted by Crippen LogP contribution is -2.45. The number of hydrogen-bond acceptors (Lipinski definition) is 2. The highest BCUT2D eigenvalue weighted by atomic mass is 16.2. The summed E-state index contributed by atoms with van der Waals surface area (Å²) in [6.07, 6.45) is 6.20. The van der Waals surface area contributed by atoms with Gasteiger partial charge < -0.3 is 10.6 Å². The molecule has 2 rings (SSSR count). The van der Waals surface area contributed by atoms with Crippen molar-refractivity contribution in [3.05, 3.63) is 0 Å². The Balaban J connectivity index is 1.68. The van der Waals surface area contributed by atoms with Crippen molar-refractivity contribution in [3.63, 3.8) is 0 Å². The van der Waals surface area contributed by atoms with Gasteiger partial charge in [0.25, 0.3) is 0 Å². The first-order valence-corrected chi connectivity index (χ1v) is 8.09. The molecule has 0 radical (unpaired) electrons. The third kappa shape index (κ3) is 4.48. The molecule has 0 heterocycles. The molecule has 3 atom stereocenters. The standard InChI is InChI=1S/C16H30N2O/c1-11(2)14-7-4-12(3)10-15(14)17-8-9-18-16(19)13-5-6-13/h11-15,17H,4-10H2,1-3H3,(H,18,19). The number of nitrogens with one attached hydrogen (secondary N) is 2. The predicted octanol–water partition coefficient (Wildman–Crippen LogP) is 2.56. The van der Waals surface area contributed by atoms with Crippen molar-refractivity contribution in [1.82, 2.24) is 10.6 Å². The normalized spacial score (nSPS) is 31.5. The second-order valence-corrected chi connectivity index (χ2v) is 6.95. The van der Waals surface area contributed by atoms with Gasteiger partial charge in [0.15, 0.2) is 0 Å². The highest BCUT2D eigenvalue weighted by Crippen LogP contribution is 2.33. The van der Waals surface area contributed by atoms with Crippen molar-refractivity contribution in [1.29, 1.82) is 0 Å². The zero-order valence-corrected chi connectivity index (χ0v) is 12.7. The van der Waals surface area contributed by atoms with E-state index in [1.165, 1.54) is 19.3 Å². The van der Waals surface area contributed by atoms with Crippen LogP contribution in [0, 0.1) is 23.7 Å². The third-order valence-corrected chi connectivity index (χ3v) is 4.80. The second kappa shape index (κ2) is 6.74. The van der Waals surface area contributed by atoms with Gasteiger partial charge in [-0.1, -0.05) is 27.2 Å². The van der Waals surface area contributed by atoms with E-state index < -0.39 is 0 Å². The zero-order valence-electron chi connectivity index (χ0n) is 12.7. The van der Waals surface area contributed by atoms with E-state index in [0.717, 1.165) is 43.7 Å². The number of amides is 1. The molecule has 0 aromatic carbocycles. The van der Waals surface area contributed by atoms with E-state index in [1.54, 1.807) is 0 Å². The fourth-order valence-electron chi connectivity index (χ4n) is 3.37. The lowest BCUT2D eigenvalue weighted by atomic mass is 9.74. The Kier molecular flexibility index (Phi) is 5.26. The maximum Gasteiger partial charge on any atom is 0.223 e. The summed E-state index contributed by atoms with van der Waals surface area (Å²) < 4.78 is 0. The van der Waals surface area contributed by atoms with Crippen LogP contribution in [0.4, 0.5) is 0 Å². The summed E-state index contributed by atoms with van der Waals surface area (Å²) in [7, 11) is 0. The number of hydrogen-bond donors (Lipinski definition) is 2. The topological polar surface area (TPSA) is 41.1 Å². The first-order valence-electron chi connectivity index (χ1n) is 8.09. The van der Waals surface area contributed by atoms with E-state index in [-0.39, 0.29) is 5.91 Å². The van der Waals surface area contributed by atoms with E-state index in [4.69, 9.17) is 0 Å². The van der Waals surface area contributed by atoms with Crippen LogP contribution in [0.5, 0.6) is 0 Å². The fourth-order valence-corrected chi connectivity index (χ4v) is 3.37. The summed E-state index contributed by atoms with van der Waals surface area (Å²) in [5.74, 6) is 2.99. The summed E-state index contributed by atoms with van der Waals surface area (Å²) >= 11 is 0. The van der Waals surface area contributed by atoms with Gasteiger partial charge >= 0.3 is 0 Å². The van der Waals surface area contributed by atoms with Crippen LogP contribution in [-0.2, 0) is 4.79 Å². The minimum atomic E-state index is 0.263. The minimum absolute atomic E-state index is 0.263. The average Bonchev–Trinajstić information content (AvgIpc) is 3.18. The van der Waals surface area contributed by atoms with Crippen molar-refractivity contribution in [2.45, 2.75) is 58.9 Å². The van der Waals surface area contributed by atoms with Crippen LogP contribution in [0.15, 0.2) is 0 Å². The molecule has 2 aliphatic rings. The third-order valence-electron chi connectivity index (χ3n) is 4.80. The van der Waals surface area contributed by atoms with Crippen LogP contribution in [0.25, 0.3) is 0 Å². The zero-order chi connectivity index (χ0) is 13.8. The van der Waals surface area contributed by atoms with Gasteiger partial charge in [-0.05, 0) is 43.4 Å². The molecule has 3 heteroatoms. The van der Waals surface area contributed by atoms with Gasteiger partial charge in [0.05, 0.1) is 0 Å². The van der Waals surface area contributed by atoms with Crippen LogP contribution in [-0.4, -0.2) is 25.0 Å². The summed E-state index contributed by atoms with van der Waals surface area (Å²) in [4.78, 5) is 11.5. The van der Waals surface area contributed by atoms with Gasteiger partial charge in [0.1, 0.15) is 0 Å². The van der Waals surface area contributed by atoms with Crippen molar-refractivity contribution in [2.24, 2.45) is 23.7 Å². The molecule has 19 heavy (non-hydrogen) atoms. The summed E-state index contributed by atoms with van der Waals surface area (Å²) in [5.41, 5.74) is 0. The van der Waals surface area contributed by atoms with E-state index in [2.05, 4.69) is 31.4 Å². The largest absolute Gasteiger partial charge is 0.355 e. The Morgan fingerprint density at radius 1 is 1.16 bits per heavy atom. The molecule has 1 amide bonds. The van der Waals surface area contributed by atoms with Crippen LogP contribution >= 0.6 is 0 Å². The molecule has 0 aliphatic heterocycles. The molecule has 3 nitrogen and oxygen atoms in total. The Labute approximate surface area is 117 Å². The Morgan fingerprint density at radius 3 is 2.53 bits per heavy atom. The molecule has 0 aromatic rings. The van der Waals surface area contributed by atoms with Crippen molar-refractivity contribution in [2.75, 3.05) is 13.1 Å². The highest BCUT2D eigenvalue weighted by molar-refractivity contribution is 5.80. The van der Waals surface area contributed by atoms with E-state index in [1.807, 2.05) is 0 Å². The van der Waals surface area contributed by atoms with Crippen molar-refractivity contribution in [3.8, 4) is 0 Å². The predicted molar refractivity (Wildman–Crippen MR) is 78.9 cm³/mol. The average molecular weight is 266 g/mol. The Morgan fingerprint density at radius 2 is 1.89 bits per heavy atom.